The van der Waals surface area contributed by atoms with E-state index in [4.69, 9.17) is 0 Å². The maximum Gasteiger partial charge on any atom is 0.249 e. The monoisotopic (exact) mass is 614 g/mol. The summed E-state index contributed by atoms with van der Waals surface area (Å²) in [6.45, 7) is 4.02. The lowest BCUT2D eigenvalue weighted by Gasteiger charge is -2.27. The molecule has 4 atom stereocenters. The Bertz CT molecular complexity index is 575. The van der Waals surface area contributed by atoms with Crippen LogP contribution in [0.3, 0.4) is 0 Å². The van der Waals surface area contributed by atoms with Crippen LogP contribution < -0.4 is 5.32 Å². The first-order valence-corrected chi connectivity index (χ1v) is 18.9. The molecule has 4 unspecified atom stereocenters. The Morgan fingerprint density at radius 1 is 0.488 bits per heavy atom. The molecule has 6 nitrogen and oxygen atoms in total. The van der Waals surface area contributed by atoms with Crippen molar-refractivity contribution in [1.82, 2.24) is 5.32 Å². The molecule has 5 N–H and O–H groups in total. The third kappa shape index (κ3) is 27.4. The third-order valence-electron chi connectivity index (χ3n) is 9.07. The molecule has 6 heteroatoms. The molecule has 0 heterocycles. The van der Waals surface area contributed by atoms with Crippen molar-refractivity contribution >= 4 is 5.91 Å². The van der Waals surface area contributed by atoms with E-state index in [-0.39, 0.29) is 0 Å². The van der Waals surface area contributed by atoms with Crippen molar-refractivity contribution in [1.29, 1.82) is 0 Å². The highest BCUT2D eigenvalue weighted by Crippen LogP contribution is 2.16. The molecule has 0 rings (SSSR count). The summed E-state index contributed by atoms with van der Waals surface area (Å²) in [6.07, 6.45) is 31.3. The van der Waals surface area contributed by atoms with Gasteiger partial charge >= 0.3 is 0 Å². The van der Waals surface area contributed by atoms with E-state index in [1.54, 1.807) is 0 Å². The number of aliphatic hydroxyl groups excluding tert-OH is 4. The molecular formula is C37H75NO5. The molecule has 0 spiro atoms. The van der Waals surface area contributed by atoms with Crippen molar-refractivity contribution in [3.8, 4) is 0 Å². The summed E-state index contributed by atoms with van der Waals surface area (Å²) >= 11 is 0. The van der Waals surface area contributed by atoms with Crippen molar-refractivity contribution < 1.29 is 25.2 Å². The first-order valence-electron chi connectivity index (χ1n) is 18.9. The predicted molar refractivity (Wildman–Crippen MR) is 182 cm³/mol. The number of rotatable bonds is 34. The molecule has 0 aromatic heterocycles. The third-order valence-corrected chi connectivity index (χ3v) is 9.07. The highest BCUT2D eigenvalue weighted by Gasteiger charge is 2.28. The summed E-state index contributed by atoms with van der Waals surface area (Å²) in [7, 11) is 0. The van der Waals surface area contributed by atoms with Gasteiger partial charge in [-0.05, 0) is 12.8 Å². The number of unbranched alkanes of at least 4 members (excludes halogenated alkanes) is 25. The minimum Gasteiger partial charge on any atom is -0.394 e. The number of nitrogens with one attached hydrogen (secondary N) is 1. The van der Waals surface area contributed by atoms with Gasteiger partial charge in [0.1, 0.15) is 12.2 Å². The van der Waals surface area contributed by atoms with E-state index in [9.17, 15) is 25.2 Å². The van der Waals surface area contributed by atoms with E-state index in [2.05, 4.69) is 19.2 Å². The molecule has 0 saturated heterocycles. The lowest BCUT2D eigenvalue weighted by atomic mass is 9.99. The van der Waals surface area contributed by atoms with E-state index in [0.717, 1.165) is 38.5 Å². The molecule has 1 amide bonds. The minimum absolute atomic E-state index is 0.373. The van der Waals surface area contributed by atoms with Crippen molar-refractivity contribution in [3.63, 3.8) is 0 Å². The molecule has 0 saturated carbocycles. The van der Waals surface area contributed by atoms with E-state index in [1.807, 2.05) is 0 Å². The van der Waals surface area contributed by atoms with E-state index >= 15 is 0 Å². The number of hydrogen-bond donors (Lipinski definition) is 5. The van der Waals surface area contributed by atoms with Crippen molar-refractivity contribution in [3.05, 3.63) is 0 Å². The van der Waals surface area contributed by atoms with Crippen LogP contribution in [0.15, 0.2) is 0 Å². The van der Waals surface area contributed by atoms with Crippen molar-refractivity contribution in [2.45, 2.75) is 224 Å². The van der Waals surface area contributed by atoms with Gasteiger partial charge in [-0.1, -0.05) is 187 Å². The zero-order valence-electron chi connectivity index (χ0n) is 28.7. The fourth-order valence-corrected chi connectivity index (χ4v) is 5.99. The van der Waals surface area contributed by atoms with Crippen LogP contribution in [-0.2, 0) is 4.79 Å². The molecule has 43 heavy (non-hydrogen) atoms. The zero-order chi connectivity index (χ0) is 31.8. The lowest BCUT2D eigenvalue weighted by molar-refractivity contribution is -0.132. The van der Waals surface area contributed by atoms with Crippen molar-refractivity contribution in [2.24, 2.45) is 0 Å². The predicted octanol–water partition coefficient (Wildman–Crippen LogP) is 8.90. The van der Waals surface area contributed by atoms with Gasteiger partial charge in [0.15, 0.2) is 0 Å². The number of amides is 1. The molecule has 0 radical (unpaired) electrons. The van der Waals surface area contributed by atoms with Crippen LogP contribution in [0, 0.1) is 0 Å². The summed E-state index contributed by atoms with van der Waals surface area (Å²) in [6, 6.07) is -0.976. The Balaban J connectivity index is 3.75. The van der Waals surface area contributed by atoms with Crippen LogP contribution in [0.4, 0.5) is 0 Å². The highest BCUT2D eigenvalue weighted by atomic mass is 16.3. The van der Waals surface area contributed by atoms with E-state index in [0.29, 0.717) is 12.8 Å². The molecule has 0 aromatic rings. The Morgan fingerprint density at radius 2 is 0.791 bits per heavy atom. The second-order valence-corrected chi connectivity index (χ2v) is 13.3. The second kappa shape index (κ2) is 32.7. The first-order chi connectivity index (χ1) is 21.0. The number of aliphatic hydroxyl groups is 4. The van der Waals surface area contributed by atoms with Crippen LogP contribution >= 0.6 is 0 Å². The Labute approximate surface area is 267 Å². The second-order valence-electron chi connectivity index (χ2n) is 13.3. The van der Waals surface area contributed by atoms with Crippen LogP contribution in [-0.4, -0.2) is 57.3 Å². The SMILES string of the molecule is CCCCCCCCCCCCCCCCCCCC(O)C(O)C(CO)NC(=O)C(O)CCCCCCCCCCCC. The first kappa shape index (κ1) is 42.3. The van der Waals surface area contributed by atoms with E-state index < -0.39 is 36.9 Å². The molecular weight excluding hydrogens is 538 g/mol. The van der Waals surface area contributed by atoms with Gasteiger partial charge in [0.2, 0.25) is 5.91 Å². The van der Waals surface area contributed by atoms with Gasteiger partial charge in [0.05, 0.1) is 18.8 Å². The van der Waals surface area contributed by atoms with Gasteiger partial charge in [-0.25, -0.2) is 0 Å². The van der Waals surface area contributed by atoms with Crippen LogP contribution in [0.2, 0.25) is 0 Å². The van der Waals surface area contributed by atoms with Gasteiger partial charge < -0.3 is 25.7 Å². The number of carbonyl (C=O) groups is 1. The fourth-order valence-electron chi connectivity index (χ4n) is 5.99. The van der Waals surface area contributed by atoms with Gasteiger partial charge in [0, 0.05) is 0 Å². The fraction of sp³-hybridized carbons (Fsp3) is 0.973. The van der Waals surface area contributed by atoms with Gasteiger partial charge in [-0.3, -0.25) is 4.79 Å². The highest BCUT2D eigenvalue weighted by molar-refractivity contribution is 5.80. The Hall–Kier alpha value is -0.690. The average Bonchev–Trinajstić information content (AvgIpc) is 3.01. The van der Waals surface area contributed by atoms with Gasteiger partial charge in [0.25, 0.3) is 0 Å². The summed E-state index contributed by atoms with van der Waals surface area (Å²) < 4.78 is 0. The Morgan fingerprint density at radius 3 is 1.12 bits per heavy atom. The van der Waals surface area contributed by atoms with Crippen LogP contribution in [0.5, 0.6) is 0 Å². The average molecular weight is 614 g/mol. The quantitative estimate of drug-likeness (QED) is 0.0466. The van der Waals surface area contributed by atoms with Gasteiger partial charge in [-0.2, -0.15) is 0 Å². The largest absolute Gasteiger partial charge is 0.394 e. The standard InChI is InChI=1S/C37H75NO5/c1-3-5-7-9-11-13-15-16-17-18-19-20-21-23-24-26-28-30-34(40)36(42)33(32-39)38-37(43)35(41)31-29-27-25-22-14-12-10-8-6-4-2/h33-36,39-42H,3-32H2,1-2H3,(H,38,43). The van der Waals surface area contributed by atoms with Crippen molar-refractivity contribution in [2.75, 3.05) is 6.61 Å². The molecule has 0 bridgehead atoms. The maximum atomic E-state index is 12.4. The molecule has 258 valence electrons. The lowest BCUT2D eigenvalue weighted by Crippen LogP contribution is -2.53. The summed E-state index contributed by atoms with van der Waals surface area (Å²) in [5.41, 5.74) is 0. The summed E-state index contributed by atoms with van der Waals surface area (Å²) in [5, 5.41) is 43.4. The molecule has 0 aliphatic carbocycles. The van der Waals surface area contributed by atoms with Crippen LogP contribution in [0.25, 0.3) is 0 Å². The Kier molecular flexibility index (Phi) is 32.2. The number of hydrogen-bond acceptors (Lipinski definition) is 5. The zero-order valence-corrected chi connectivity index (χ0v) is 28.7. The molecule has 0 aliphatic rings. The number of carbonyl (C=O) groups excluding carboxylic acids is 1. The molecule has 0 aliphatic heterocycles. The van der Waals surface area contributed by atoms with Crippen LogP contribution in [0.1, 0.15) is 200 Å². The molecule has 0 fully saturated rings. The topological polar surface area (TPSA) is 110 Å². The minimum atomic E-state index is -1.25. The normalized spacial score (nSPS) is 14.5. The smallest absolute Gasteiger partial charge is 0.249 e. The van der Waals surface area contributed by atoms with Gasteiger partial charge in [-0.15, -0.1) is 0 Å². The van der Waals surface area contributed by atoms with E-state index in [1.165, 1.54) is 135 Å². The summed E-state index contributed by atoms with van der Waals surface area (Å²) in [4.78, 5) is 12.4. The maximum absolute atomic E-state index is 12.4. The molecule has 0 aromatic carbocycles. The summed E-state index contributed by atoms with van der Waals surface area (Å²) in [5.74, 6) is -0.584.